The van der Waals surface area contributed by atoms with Gasteiger partial charge in [-0.2, -0.15) is 0 Å². The Kier molecular flexibility index (Phi) is 4.17. The van der Waals surface area contributed by atoms with Crippen LogP contribution in [0.5, 0.6) is 0 Å². The Labute approximate surface area is 90.5 Å². The predicted octanol–water partition coefficient (Wildman–Crippen LogP) is 0.292. The molecule has 0 amide bonds. The van der Waals surface area contributed by atoms with Crippen LogP contribution >= 0.6 is 0 Å². The quantitative estimate of drug-likeness (QED) is 0.649. The highest BCUT2D eigenvalue weighted by atomic mass is 15.1. The van der Waals surface area contributed by atoms with Crippen molar-refractivity contribution in [2.45, 2.75) is 6.92 Å². The van der Waals surface area contributed by atoms with Crippen molar-refractivity contribution >= 4 is 17.2 Å². The van der Waals surface area contributed by atoms with Gasteiger partial charge in [-0.05, 0) is 20.0 Å². The first-order valence-corrected chi connectivity index (χ1v) is 5.10. The standard InChI is InChI=1S/C10H19N5/c1-3-15(7-6-13-2)8-4-5-14-10(12)9(8)11/h4-5,13H,3,6-7,11H2,1-2H3,(H2,12,14). The van der Waals surface area contributed by atoms with Crippen molar-refractivity contribution in [1.82, 2.24) is 10.3 Å². The van der Waals surface area contributed by atoms with Gasteiger partial charge in [0.05, 0.1) is 11.4 Å². The second kappa shape index (κ2) is 5.41. The van der Waals surface area contributed by atoms with Crippen LogP contribution in [0.3, 0.4) is 0 Å². The number of nitrogens with one attached hydrogen (secondary N) is 1. The third kappa shape index (κ3) is 2.73. The summed E-state index contributed by atoms with van der Waals surface area (Å²) in [5, 5.41) is 3.11. The lowest BCUT2D eigenvalue weighted by Gasteiger charge is -2.24. The number of anilines is 3. The van der Waals surface area contributed by atoms with E-state index >= 15 is 0 Å². The fourth-order valence-electron chi connectivity index (χ4n) is 1.45. The third-order valence-electron chi connectivity index (χ3n) is 2.35. The van der Waals surface area contributed by atoms with Crippen molar-refractivity contribution in [3.05, 3.63) is 12.3 Å². The van der Waals surface area contributed by atoms with Crippen LogP contribution in [0.2, 0.25) is 0 Å². The van der Waals surface area contributed by atoms with E-state index in [1.54, 1.807) is 6.20 Å². The van der Waals surface area contributed by atoms with Crippen molar-refractivity contribution < 1.29 is 0 Å². The Balaban J connectivity index is 2.86. The Hall–Kier alpha value is -1.49. The lowest BCUT2D eigenvalue weighted by atomic mass is 10.3. The van der Waals surface area contributed by atoms with Gasteiger partial charge in [-0.1, -0.05) is 0 Å². The number of hydrogen-bond donors (Lipinski definition) is 3. The number of nitrogens with zero attached hydrogens (tertiary/aromatic N) is 2. The number of nitrogen functional groups attached to an aromatic ring is 2. The molecule has 0 spiro atoms. The Morgan fingerprint density at radius 3 is 2.80 bits per heavy atom. The summed E-state index contributed by atoms with van der Waals surface area (Å²) in [4.78, 5) is 6.12. The zero-order valence-corrected chi connectivity index (χ0v) is 9.33. The first kappa shape index (κ1) is 11.6. The van der Waals surface area contributed by atoms with Gasteiger partial charge in [0, 0.05) is 25.8 Å². The van der Waals surface area contributed by atoms with E-state index in [4.69, 9.17) is 11.5 Å². The maximum atomic E-state index is 5.88. The molecule has 84 valence electrons. The van der Waals surface area contributed by atoms with Gasteiger partial charge in [0.15, 0.2) is 0 Å². The average molecular weight is 209 g/mol. The summed E-state index contributed by atoms with van der Waals surface area (Å²) < 4.78 is 0. The SMILES string of the molecule is CCN(CCNC)c1ccnc(N)c1N. The highest BCUT2D eigenvalue weighted by Crippen LogP contribution is 2.25. The average Bonchev–Trinajstić information content (AvgIpc) is 2.25. The summed E-state index contributed by atoms with van der Waals surface area (Å²) in [7, 11) is 1.93. The van der Waals surface area contributed by atoms with Crippen molar-refractivity contribution in [2.75, 3.05) is 43.0 Å². The molecule has 1 heterocycles. The summed E-state index contributed by atoms with van der Waals surface area (Å²) in [6.45, 7) is 4.80. The molecule has 5 heteroatoms. The second-order valence-electron chi connectivity index (χ2n) is 3.31. The van der Waals surface area contributed by atoms with Crippen LogP contribution in [0.15, 0.2) is 12.3 Å². The Morgan fingerprint density at radius 2 is 2.20 bits per heavy atom. The normalized spacial score (nSPS) is 10.3. The molecule has 0 bridgehead atoms. The summed E-state index contributed by atoms with van der Waals surface area (Å²) in [5.41, 5.74) is 13.1. The molecule has 1 aromatic rings. The van der Waals surface area contributed by atoms with Gasteiger partial charge >= 0.3 is 0 Å². The lowest BCUT2D eigenvalue weighted by molar-refractivity contribution is 0.737. The van der Waals surface area contributed by atoms with E-state index in [0.29, 0.717) is 11.5 Å². The van der Waals surface area contributed by atoms with Gasteiger partial charge in [-0.3, -0.25) is 0 Å². The van der Waals surface area contributed by atoms with Crippen molar-refractivity contribution in [1.29, 1.82) is 0 Å². The number of hydrogen-bond acceptors (Lipinski definition) is 5. The second-order valence-corrected chi connectivity index (χ2v) is 3.31. The molecule has 0 aliphatic heterocycles. The van der Waals surface area contributed by atoms with Crippen LogP contribution in [0.1, 0.15) is 6.92 Å². The Morgan fingerprint density at radius 1 is 1.47 bits per heavy atom. The first-order valence-electron chi connectivity index (χ1n) is 5.10. The molecule has 0 atom stereocenters. The monoisotopic (exact) mass is 209 g/mol. The largest absolute Gasteiger partial charge is 0.394 e. The first-order chi connectivity index (χ1) is 7.20. The summed E-state index contributed by atoms with van der Waals surface area (Å²) in [6.07, 6.45) is 1.68. The molecule has 0 saturated heterocycles. The van der Waals surface area contributed by atoms with Crippen LogP contribution in [-0.2, 0) is 0 Å². The van der Waals surface area contributed by atoms with Crippen LogP contribution in [-0.4, -0.2) is 31.7 Å². The number of aromatic nitrogens is 1. The van der Waals surface area contributed by atoms with E-state index in [0.717, 1.165) is 25.3 Å². The highest BCUT2D eigenvalue weighted by molar-refractivity contribution is 5.76. The van der Waals surface area contributed by atoms with Gasteiger partial charge in [0.1, 0.15) is 5.82 Å². The maximum Gasteiger partial charge on any atom is 0.148 e. The molecule has 5 nitrogen and oxygen atoms in total. The van der Waals surface area contributed by atoms with Gasteiger partial charge in [0.2, 0.25) is 0 Å². The van der Waals surface area contributed by atoms with Crippen LogP contribution in [0, 0.1) is 0 Å². The van der Waals surface area contributed by atoms with Gasteiger partial charge in [-0.15, -0.1) is 0 Å². The fraction of sp³-hybridized carbons (Fsp3) is 0.500. The molecule has 5 N–H and O–H groups in total. The van der Waals surface area contributed by atoms with Crippen molar-refractivity contribution in [2.24, 2.45) is 0 Å². The van der Waals surface area contributed by atoms with E-state index in [-0.39, 0.29) is 0 Å². The predicted molar refractivity (Wildman–Crippen MR) is 64.9 cm³/mol. The molecule has 0 radical (unpaired) electrons. The maximum absolute atomic E-state index is 5.88. The molecular weight excluding hydrogens is 190 g/mol. The van der Waals surface area contributed by atoms with E-state index in [1.807, 2.05) is 13.1 Å². The van der Waals surface area contributed by atoms with Crippen molar-refractivity contribution in [3.63, 3.8) is 0 Å². The number of likely N-dealkylation sites (N-methyl/N-ethyl adjacent to an activating group) is 2. The van der Waals surface area contributed by atoms with Crippen molar-refractivity contribution in [3.8, 4) is 0 Å². The zero-order valence-electron chi connectivity index (χ0n) is 9.33. The minimum atomic E-state index is 0.399. The summed E-state index contributed by atoms with van der Waals surface area (Å²) in [6, 6.07) is 1.89. The molecule has 0 aromatic carbocycles. The topological polar surface area (TPSA) is 80.2 Å². The number of pyridine rings is 1. The molecule has 0 fully saturated rings. The van der Waals surface area contributed by atoms with Gasteiger partial charge in [-0.25, -0.2) is 4.98 Å². The molecular formula is C10H19N5. The van der Waals surface area contributed by atoms with Gasteiger partial charge in [0.25, 0.3) is 0 Å². The molecule has 0 saturated carbocycles. The highest BCUT2D eigenvalue weighted by Gasteiger charge is 2.09. The van der Waals surface area contributed by atoms with E-state index < -0.39 is 0 Å². The number of nitrogens with two attached hydrogens (primary N) is 2. The Bertz CT molecular complexity index is 313. The lowest BCUT2D eigenvalue weighted by Crippen LogP contribution is -2.31. The molecule has 15 heavy (non-hydrogen) atoms. The summed E-state index contributed by atoms with van der Waals surface area (Å²) >= 11 is 0. The minimum absolute atomic E-state index is 0.399. The minimum Gasteiger partial charge on any atom is -0.394 e. The van der Waals surface area contributed by atoms with E-state index in [1.165, 1.54) is 0 Å². The summed E-state index contributed by atoms with van der Waals surface area (Å²) in [5.74, 6) is 0.399. The molecule has 0 unspecified atom stereocenters. The smallest absolute Gasteiger partial charge is 0.148 e. The fourth-order valence-corrected chi connectivity index (χ4v) is 1.45. The van der Waals surface area contributed by atoms with E-state index in [9.17, 15) is 0 Å². The van der Waals surface area contributed by atoms with Gasteiger partial charge < -0.3 is 21.7 Å². The molecule has 1 aromatic heterocycles. The van der Waals surface area contributed by atoms with Crippen LogP contribution < -0.4 is 21.7 Å². The van der Waals surface area contributed by atoms with E-state index in [2.05, 4.69) is 22.1 Å². The van der Waals surface area contributed by atoms with Crippen LogP contribution in [0.4, 0.5) is 17.2 Å². The van der Waals surface area contributed by atoms with Crippen LogP contribution in [0.25, 0.3) is 0 Å². The number of rotatable bonds is 5. The third-order valence-corrected chi connectivity index (χ3v) is 2.35. The zero-order chi connectivity index (χ0) is 11.3. The molecule has 1 rings (SSSR count). The molecule has 0 aliphatic rings. The molecule has 0 aliphatic carbocycles.